The summed E-state index contributed by atoms with van der Waals surface area (Å²) in [6, 6.07) is 1.80. The Morgan fingerprint density at radius 3 is 2.82 bits per heavy atom. The van der Waals surface area contributed by atoms with Gasteiger partial charge in [-0.05, 0) is 42.8 Å². The Bertz CT molecular complexity index is 572. The maximum atomic E-state index is 11.9. The molecule has 0 unspecified atom stereocenters. The molecule has 0 radical (unpaired) electrons. The second-order valence-corrected chi connectivity index (χ2v) is 5.42. The van der Waals surface area contributed by atoms with Gasteiger partial charge in [0.1, 0.15) is 5.60 Å². The summed E-state index contributed by atoms with van der Waals surface area (Å²) in [5.41, 5.74) is -0.0740. The number of hydrogen-bond acceptors (Lipinski definition) is 4. The standard InChI is InChI=1S/C11H12BrN3O2/c1-11(2,3)17-10(16)15-9-7(6-14-15)8(12)4-5-13-9/h4-6H,1-3H3. The molecule has 0 saturated heterocycles. The molecule has 5 nitrogen and oxygen atoms in total. The number of halogens is 1. The molecule has 2 rings (SSSR count). The van der Waals surface area contributed by atoms with Crippen molar-refractivity contribution in [3.05, 3.63) is 22.9 Å². The average molecular weight is 298 g/mol. The smallest absolute Gasteiger partial charge is 0.437 e. The van der Waals surface area contributed by atoms with Gasteiger partial charge in [0, 0.05) is 10.7 Å². The van der Waals surface area contributed by atoms with Crippen LogP contribution in [0.15, 0.2) is 22.9 Å². The van der Waals surface area contributed by atoms with Crippen LogP contribution < -0.4 is 0 Å². The van der Waals surface area contributed by atoms with Gasteiger partial charge in [0.15, 0.2) is 5.65 Å². The monoisotopic (exact) mass is 297 g/mol. The molecule has 0 saturated carbocycles. The molecule has 0 amide bonds. The van der Waals surface area contributed by atoms with Gasteiger partial charge in [-0.3, -0.25) is 0 Å². The highest BCUT2D eigenvalue weighted by atomic mass is 79.9. The van der Waals surface area contributed by atoms with Crippen LogP contribution in [0, 0.1) is 0 Å². The predicted molar refractivity (Wildman–Crippen MR) is 66.9 cm³/mol. The third-order valence-electron chi connectivity index (χ3n) is 1.99. The highest BCUT2D eigenvalue weighted by molar-refractivity contribution is 9.10. The number of fused-ring (bicyclic) bond motifs is 1. The molecule has 0 aliphatic rings. The van der Waals surface area contributed by atoms with Crippen molar-refractivity contribution in [2.24, 2.45) is 0 Å². The number of aromatic nitrogens is 3. The molecule has 0 aromatic carbocycles. The number of pyridine rings is 1. The van der Waals surface area contributed by atoms with Gasteiger partial charge in [0.2, 0.25) is 0 Å². The summed E-state index contributed by atoms with van der Waals surface area (Å²) in [5, 5.41) is 4.77. The first kappa shape index (κ1) is 12.0. The van der Waals surface area contributed by atoms with Crippen molar-refractivity contribution >= 4 is 33.1 Å². The van der Waals surface area contributed by atoms with Gasteiger partial charge in [-0.15, -0.1) is 4.68 Å². The lowest BCUT2D eigenvalue weighted by atomic mass is 10.2. The van der Waals surface area contributed by atoms with Gasteiger partial charge in [-0.2, -0.15) is 5.10 Å². The summed E-state index contributed by atoms with van der Waals surface area (Å²) < 4.78 is 7.24. The highest BCUT2D eigenvalue weighted by Gasteiger charge is 2.20. The van der Waals surface area contributed by atoms with Gasteiger partial charge < -0.3 is 4.74 Å². The minimum absolute atomic E-state index is 0.480. The summed E-state index contributed by atoms with van der Waals surface area (Å²) in [6.45, 7) is 5.42. The van der Waals surface area contributed by atoms with Crippen molar-refractivity contribution in [1.29, 1.82) is 0 Å². The zero-order chi connectivity index (χ0) is 12.6. The van der Waals surface area contributed by atoms with E-state index >= 15 is 0 Å². The average Bonchev–Trinajstić information content (AvgIpc) is 2.60. The number of ether oxygens (including phenoxy) is 1. The number of nitrogens with zero attached hydrogens (tertiary/aromatic N) is 3. The fourth-order valence-corrected chi connectivity index (χ4v) is 1.73. The van der Waals surface area contributed by atoms with E-state index in [0.29, 0.717) is 5.65 Å². The molecule has 0 spiro atoms. The topological polar surface area (TPSA) is 57.0 Å². The molecule has 0 aliphatic heterocycles. The van der Waals surface area contributed by atoms with E-state index < -0.39 is 11.7 Å². The molecular formula is C11H12BrN3O2. The Hall–Kier alpha value is -1.43. The van der Waals surface area contributed by atoms with E-state index in [2.05, 4.69) is 26.0 Å². The summed E-state index contributed by atoms with van der Waals surface area (Å²) in [7, 11) is 0. The van der Waals surface area contributed by atoms with E-state index in [1.54, 1.807) is 39.2 Å². The maximum Gasteiger partial charge on any atom is 0.437 e. The molecule has 0 N–H and O–H groups in total. The molecule has 2 heterocycles. The Morgan fingerprint density at radius 2 is 2.18 bits per heavy atom. The molecule has 0 aliphatic carbocycles. The molecule has 0 atom stereocenters. The van der Waals surface area contributed by atoms with Crippen LogP contribution in [0.1, 0.15) is 20.8 Å². The zero-order valence-corrected chi connectivity index (χ0v) is 11.4. The quantitative estimate of drug-likeness (QED) is 0.750. The molecule has 6 heteroatoms. The fraction of sp³-hybridized carbons (Fsp3) is 0.364. The molecule has 0 bridgehead atoms. The van der Waals surface area contributed by atoms with E-state index in [4.69, 9.17) is 4.74 Å². The van der Waals surface area contributed by atoms with Crippen LogP contribution >= 0.6 is 15.9 Å². The largest absolute Gasteiger partial charge is 0.442 e. The van der Waals surface area contributed by atoms with Crippen LogP contribution in [0.25, 0.3) is 11.0 Å². The van der Waals surface area contributed by atoms with E-state index in [-0.39, 0.29) is 0 Å². The summed E-state index contributed by atoms with van der Waals surface area (Å²) >= 11 is 3.38. The van der Waals surface area contributed by atoms with Crippen molar-refractivity contribution in [3.63, 3.8) is 0 Å². The molecule has 17 heavy (non-hydrogen) atoms. The summed E-state index contributed by atoms with van der Waals surface area (Å²) in [5.74, 6) is 0. The highest BCUT2D eigenvalue weighted by Crippen LogP contribution is 2.21. The Labute approximate surface area is 107 Å². The second kappa shape index (κ2) is 4.10. The molecule has 2 aromatic heterocycles. The zero-order valence-electron chi connectivity index (χ0n) is 9.77. The maximum absolute atomic E-state index is 11.9. The van der Waals surface area contributed by atoms with Gasteiger partial charge in [-0.25, -0.2) is 9.78 Å². The fourth-order valence-electron chi connectivity index (χ4n) is 1.34. The third-order valence-corrected chi connectivity index (χ3v) is 2.68. The normalized spacial score (nSPS) is 11.8. The SMILES string of the molecule is CC(C)(C)OC(=O)n1ncc2c(Br)ccnc21. The van der Waals surface area contributed by atoms with Crippen LogP contribution in [0.3, 0.4) is 0 Å². The van der Waals surface area contributed by atoms with Crippen LogP contribution in [0.5, 0.6) is 0 Å². The lowest BCUT2D eigenvalue weighted by Gasteiger charge is -2.18. The van der Waals surface area contributed by atoms with Crippen LogP contribution in [-0.4, -0.2) is 26.5 Å². The first-order valence-electron chi connectivity index (χ1n) is 5.10. The Morgan fingerprint density at radius 1 is 1.47 bits per heavy atom. The first-order chi connectivity index (χ1) is 7.88. The lowest BCUT2D eigenvalue weighted by Crippen LogP contribution is -2.27. The van der Waals surface area contributed by atoms with Crippen LogP contribution in [0.4, 0.5) is 4.79 Å². The minimum Gasteiger partial charge on any atom is -0.442 e. The van der Waals surface area contributed by atoms with Gasteiger partial charge >= 0.3 is 6.09 Å². The van der Waals surface area contributed by atoms with Crippen molar-refractivity contribution in [2.45, 2.75) is 26.4 Å². The van der Waals surface area contributed by atoms with E-state index in [9.17, 15) is 4.79 Å². The van der Waals surface area contributed by atoms with Crippen molar-refractivity contribution in [2.75, 3.05) is 0 Å². The molecule has 2 aromatic rings. The minimum atomic E-state index is -0.554. The third kappa shape index (κ3) is 2.46. The summed E-state index contributed by atoms with van der Waals surface area (Å²) in [4.78, 5) is 16.0. The molecule has 90 valence electrons. The van der Waals surface area contributed by atoms with E-state index in [0.717, 1.165) is 14.5 Å². The van der Waals surface area contributed by atoms with Gasteiger partial charge in [0.05, 0.1) is 11.6 Å². The Kier molecular flexibility index (Phi) is 2.91. The summed E-state index contributed by atoms with van der Waals surface area (Å²) in [6.07, 6.45) is 2.66. The number of carbonyl (C=O) groups excluding carboxylic acids is 1. The second-order valence-electron chi connectivity index (χ2n) is 4.57. The van der Waals surface area contributed by atoms with Crippen molar-refractivity contribution in [1.82, 2.24) is 14.8 Å². The van der Waals surface area contributed by atoms with E-state index in [1.165, 1.54) is 0 Å². The van der Waals surface area contributed by atoms with Crippen LogP contribution in [-0.2, 0) is 4.74 Å². The van der Waals surface area contributed by atoms with Crippen LogP contribution in [0.2, 0.25) is 0 Å². The van der Waals surface area contributed by atoms with E-state index in [1.807, 2.05) is 0 Å². The van der Waals surface area contributed by atoms with Gasteiger partial charge in [0.25, 0.3) is 0 Å². The van der Waals surface area contributed by atoms with Gasteiger partial charge in [-0.1, -0.05) is 0 Å². The van der Waals surface area contributed by atoms with Crippen molar-refractivity contribution < 1.29 is 9.53 Å². The van der Waals surface area contributed by atoms with Crippen molar-refractivity contribution in [3.8, 4) is 0 Å². The number of carbonyl (C=O) groups is 1. The Balaban J connectivity index is 2.43. The molecular weight excluding hydrogens is 286 g/mol. The predicted octanol–water partition coefficient (Wildman–Crippen LogP) is 2.98. The number of rotatable bonds is 0. The first-order valence-corrected chi connectivity index (χ1v) is 5.89. The lowest BCUT2D eigenvalue weighted by molar-refractivity contribution is 0.0522. The number of hydrogen-bond donors (Lipinski definition) is 0. The molecule has 0 fully saturated rings.